The second-order valence-electron chi connectivity index (χ2n) is 7.34. The zero-order valence-corrected chi connectivity index (χ0v) is 16.6. The lowest BCUT2D eigenvalue weighted by atomic mass is 9.94. The van der Waals surface area contributed by atoms with Gasteiger partial charge in [-0.15, -0.1) is 0 Å². The summed E-state index contributed by atoms with van der Waals surface area (Å²) in [6.07, 6.45) is 2.14. The van der Waals surface area contributed by atoms with Gasteiger partial charge in [0.2, 0.25) is 5.91 Å². The molecule has 3 heterocycles. The van der Waals surface area contributed by atoms with Crippen LogP contribution in [0.5, 0.6) is 11.5 Å². The van der Waals surface area contributed by atoms with Gasteiger partial charge in [0.25, 0.3) is 5.91 Å². The minimum Gasteiger partial charge on any atom is -0.489 e. The average molecular weight is 409 g/mol. The molecular weight excluding hydrogens is 384 g/mol. The Bertz CT molecular complexity index is 742. The van der Waals surface area contributed by atoms with E-state index < -0.39 is 0 Å². The fourth-order valence-electron chi connectivity index (χ4n) is 3.91. The van der Waals surface area contributed by atoms with E-state index in [9.17, 15) is 9.59 Å². The number of hydrogen-bond donors (Lipinski definition) is 0. The van der Waals surface area contributed by atoms with E-state index in [0.717, 1.165) is 6.42 Å². The van der Waals surface area contributed by atoms with Crippen molar-refractivity contribution in [3.8, 4) is 11.5 Å². The van der Waals surface area contributed by atoms with Crippen molar-refractivity contribution in [2.45, 2.75) is 19.3 Å². The molecule has 0 bridgehead atoms. The number of rotatable bonds is 2. The molecule has 0 spiro atoms. The maximum atomic E-state index is 13.0. The molecule has 2 saturated heterocycles. The van der Waals surface area contributed by atoms with Gasteiger partial charge in [-0.3, -0.25) is 9.59 Å². The minimum atomic E-state index is -0.0881. The number of likely N-dealkylation sites (tertiary alicyclic amines) is 1. The van der Waals surface area contributed by atoms with Crippen LogP contribution in [0.15, 0.2) is 12.1 Å². The molecule has 0 radical (unpaired) electrons. The van der Waals surface area contributed by atoms with Crippen LogP contribution >= 0.6 is 11.6 Å². The number of fused-ring (bicyclic) bond motifs is 1. The number of carbonyl (C=O) groups is 2. The molecule has 0 aliphatic carbocycles. The highest BCUT2D eigenvalue weighted by Gasteiger charge is 2.31. The molecule has 0 atom stereocenters. The first kappa shape index (κ1) is 19.3. The topological polar surface area (TPSA) is 68.3 Å². The highest BCUT2D eigenvalue weighted by molar-refractivity contribution is 6.32. The number of benzene rings is 1. The van der Waals surface area contributed by atoms with Crippen LogP contribution in [-0.2, 0) is 9.53 Å². The lowest BCUT2D eigenvalue weighted by Gasteiger charge is -2.35. The van der Waals surface area contributed by atoms with Crippen molar-refractivity contribution in [1.29, 1.82) is 0 Å². The highest BCUT2D eigenvalue weighted by Crippen LogP contribution is 2.38. The Morgan fingerprint density at radius 3 is 2.39 bits per heavy atom. The van der Waals surface area contributed by atoms with Crippen LogP contribution in [0.25, 0.3) is 0 Å². The normalized spacial score (nSPS) is 20.6. The van der Waals surface area contributed by atoms with E-state index in [0.29, 0.717) is 87.5 Å². The van der Waals surface area contributed by atoms with Gasteiger partial charge in [0.05, 0.1) is 31.5 Å². The largest absolute Gasteiger partial charge is 0.489 e. The van der Waals surface area contributed by atoms with Crippen molar-refractivity contribution >= 4 is 23.4 Å². The van der Waals surface area contributed by atoms with Crippen molar-refractivity contribution < 1.29 is 23.8 Å². The summed E-state index contributed by atoms with van der Waals surface area (Å²) in [5.41, 5.74) is 0.493. The van der Waals surface area contributed by atoms with Crippen LogP contribution in [0.2, 0.25) is 5.02 Å². The Morgan fingerprint density at radius 2 is 1.64 bits per heavy atom. The Labute approximate surface area is 169 Å². The van der Waals surface area contributed by atoms with E-state index >= 15 is 0 Å². The highest BCUT2D eigenvalue weighted by atomic mass is 35.5. The first-order valence-corrected chi connectivity index (χ1v) is 10.3. The Hall–Kier alpha value is -1.99. The summed E-state index contributed by atoms with van der Waals surface area (Å²) in [5, 5.41) is 0.389. The van der Waals surface area contributed by atoms with E-state index in [-0.39, 0.29) is 17.7 Å². The van der Waals surface area contributed by atoms with Crippen molar-refractivity contribution in [2.24, 2.45) is 5.92 Å². The molecule has 4 rings (SSSR count). The third kappa shape index (κ3) is 4.05. The molecule has 2 fully saturated rings. The summed E-state index contributed by atoms with van der Waals surface area (Å²) in [4.78, 5) is 29.3. The molecule has 152 valence electrons. The van der Waals surface area contributed by atoms with Crippen LogP contribution in [-0.4, -0.2) is 74.2 Å². The van der Waals surface area contributed by atoms with Gasteiger partial charge in [-0.2, -0.15) is 0 Å². The third-order valence-corrected chi connectivity index (χ3v) is 5.78. The van der Waals surface area contributed by atoms with Crippen LogP contribution < -0.4 is 9.47 Å². The molecule has 8 heteroatoms. The lowest BCUT2D eigenvalue weighted by Crippen LogP contribution is -2.47. The molecule has 28 heavy (non-hydrogen) atoms. The molecule has 3 aliphatic heterocycles. The molecule has 0 N–H and O–H groups in total. The summed E-state index contributed by atoms with van der Waals surface area (Å²) in [6, 6.07) is 3.35. The Balaban J connectivity index is 1.39. The SMILES string of the molecule is O=C(c1cc(Cl)c2c(c1)OCCCO2)N1CCC(C(=O)N2CCOCC2)CC1. The van der Waals surface area contributed by atoms with E-state index in [1.54, 1.807) is 17.0 Å². The van der Waals surface area contributed by atoms with Crippen LogP contribution in [0.1, 0.15) is 29.6 Å². The summed E-state index contributed by atoms with van der Waals surface area (Å²) in [6.45, 7) is 4.74. The number of carbonyl (C=O) groups excluding carboxylic acids is 2. The number of ether oxygens (including phenoxy) is 3. The van der Waals surface area contributed by atoms with Gasteiger partial charge in [0.15, 0.2) is 11.5 Å². The maximum Gasteiger partial charge on any atom is 0.254 e. The molecule has 1 aromatic carbocycles. The second-order valence-corrected chi connectivity index (χ2v) is 7.75. The van der Waals surface area contributed by atoms with Gasteiger partial charge in [-0.25, -0.2) is 0 Å². The van der Waals surface area contributed by atoms with E-state index in [2.05, 4.69) is 0 Å². The summed E-state index contributed by atoms with van der Waals surface area (Å²) in [5.74, 6) is 1.11. The van der Waals surface area contributed by atoms with Gasteiger partial charge in [-0.1, -0.05) is 11.6 Å². The molecule has 0 aromatic heterocycles. The van der Waals surface area contributed by atoms with E-state index in [1.807, 2.05) is 4.90 Å². The quantitative estimate of drug-likeness (QED) is 0.750. The van der Waals surface area contributed by atoms with Crippen LogP contribution in [0, 0.1) is 5.92 Å². The maximum absolute atomic E-state index is 13.0. The van der Waals surface area contributed by atoms with Crippen molar-refractivity contribution in [3.05, 3.63) is 22.7 Å². The van der Waals surface area contributed by atoms with Gasteiger partial charge in [0.1, 0.15) is 0 Å². The Kier molecular flexibility index (Phi) is 5.92. The van der Waals surface area contributed by atoms with Crippen LogP contribution in [0.3, 0.4) is 0 Å². The fourth-order valence-corrected chi connectivity index (χ4v) is 4.17. The monoisotopic (exact) mass is 408 g/mol. The van der Waals surface area contributed by atoms with Gasteiger partial charge < -0.3 is 24.0 Å². The number of hydrogen-bond acceptors (Lipinski definition) is 5. The molecule has 0 unspecified atom stereocenters. The lowest BCUT2D eigenvalue weighted by molar-refractivity contribution is -0.141. The first-order valence-electron chi connectivity index (χ1n) is 9.88. The summed E-state index contributed by atoms with van der Waals surface area (Å²) >= 11 is 6.32. The molecule has 3 aliphatic rings. The molecule has 1 aromatic rings. The summed E-state index contributed by atoms with van der Waals surface area (Å²) < 4.78 is 16.6. The fraction of sp³-hybridized carbons (Fsp3) is 0.600. The molecule has 7 nitrogen and oxygen atoms in total. The molecule has 2 amide bonds. The number of piperidine rings is 1. The van der Waals surface area contributed by atoms with Crippen molar-refractivity contribution in [1.82, 2.24) is 9.80 Å². The standard InChI is InChI=1S/C20H25ClN2O5/c21-16-12-15(13-17-18(16)28-9-1-8-27-17)20(25)22-4-2-14(3-5-22)19(24)23-6-10-26-11-7-23/h12-14H,1-11H2. The number of amides is 2. The van der Waals surface area contributed by atoms with Gasteiger partial charge in [0, 0.05) is 44.1 Å². The first-order chi connectivity index (χ1) is 13.6. The molecule has 0 saturated carbocycles. The van der Waals surface area contributed by atoms with Gasteiger partial charge >= 0.3 is 0 Å². The average Bonchev–Trinajstić information content (AvgIpc) is 2.99. The van der Waals surface area contributed by atoms with Crippen molar-refractivity contribution in [2.75, 3.05) is 52.6 Å². The predicted molar refractivity (Wildman–Crippen MR) is 103 cm³/mol. The number of morpholine rings is 1. The summed E-state index contributed by atoms with van der Waals surface area (Å²) in [7, 11) is 0. The number of nitrogens with zero attached hydrogens (tertiary/aromatic N) is 2. The molecular formula is C20H25ClN2O5. The van der Waals surface area contributed by atoms with Crippen LogP contribution in [0.4, 0.5) is 0 Å². The Morgan fingerprint density at radius 1 is 0.929 bits per heavy atom. The van der Waals surface area contributed by atoms with E-state index in [4.69, 9.17) is 25.8 Å². The predicted octanol–water partition coefficient (Wildman–Crippen LogP) is 2.21. The zero-order chi connectivity index (χ0) is 19.5. The minimum absolute atomic E-state index is 0.0190. The second kappa shape index (κ2) is 8.57. The van der Waals surface area contributed by atoms with E-state index in [1.165, 1.54) is 0 Å². The zero-order valence-electron chi connectivity index (χ0n) is 15.8. The van der Waals surface area contributed by atoms with Gasteiger partial charge in [-0.05, 0) is 25.0 Å². The number of halogens is 1. The van der Waals surface area contributed by atoms with Crippen molar-refractivity contribution in [3.63, 3.8) is 0 Å². The third-order valence-electron chi connectivity index (χ3n) is 5.50. The smallest absolute Gasteiger partial charge is 0.254 e.